The molecule has 0 saturated heterocycles. The normalized spacial score (nSPS) is 16.8. The van der Waals surface area contributed by atoms with E-state index in [1.54, 1.807) is 22.7 Å². The fraction of sp³-hybridized carbons (Fsp3) is 0.467. The summed E-state index contributed by atoms with van der Waals surface area (Å²) < 4.78 is 13.7. The molecule has 9 nitrogen and oxygen atoms in total. The van der Waals surface area contributed by atoms with Crippen molar-refractivity contribution in [1.29, 1.82) is 0 Å². The van der Waals surface area contributed by atoms with Crippen molar-refractivity contribution in [3.05, 3.63) is 35.1 Å². The largest absolute Gasteiger partial charge is 0.460 e. The van der Waals surface area contributed by atoms with E-state index in [4.69, 9.17) is 9.47 Å². The highest BCUT2D eigenvalue weighted by Crippen LogP contribution is 2.36. The zero-order valence-corrected chi connectivity index (χ0v) is 14.1. The zero-order valence-electron chi connectivity index (χ0n) is 14.1. The smallest absolute Gasteiger partial charge is 0.338 e. The van der Waals surface area contributed by atoms with Gasteiger partial charge in [-0.25, -0.2) is 9.48 Å². The lowest BCUT2D eigenvalue weighted by Gasteiger charge is -2.27. The topological polar surface area (TPSA) is 96.1 Å². The Bertz CT molecular complexity index is 791. The monoisotopic (exact) mass is 332 g/mol. The number of rotatable bonds is 5. The Morgan fingerprint density at radius 1 is 1.33 bits per heavy atom. The fourth-order valence-electron chi connectivity index (χ4n) is 2.72. The van der Waals surface area contributed by atoms with E-state index in [0.717, 1.165) is 11.3 Å². The van der Waals surface area contributed by atoms with Crippen LogP contribution in [0, 0.1) is 6.92 Å². The van der Waals surface area contributed by atoms with Crippen molar-refractivity contribution in [2.24, 2.45) is 7.05 Å². The number of carbonyl (C=O) groups excluding carboxylic acids is 1. The lowest BCUT2D eigenvalue weighted by atomic mass is 9.96. The third-order valence-electron chi connectivity index (χ3n) is 4.10. The highest BCUT2D eigenvalue weighted by Gasteiger charge is 2.36. The number of ether oxygens (including phenoxy) is 2. The molecule has 1 aliphatic heterocycles. The Kier molecular flexibility index (Phi) is 4.34. The summed E-state index contributed by atoms with van der Waals surface area (Å²) in [6.45, 7) is 4.31. The number of esters is 1. The van der Waals surface area contributed by atoms with E-state index in [9.17, 15) is 4.79 Å². The molecule has 0 spiro atoms. The van der Waals surface area contributed by atoms with Crippen LogP contribution >= 0.6 is 0 Å². The number of hydrogen-bond acceptors (Lipinski definition) is 7. The summed E-state index contributed by atoms with van der Waals surface area (Å²) in [5.74, 6) is 0.167. The van der Waals surface area contributed by atoms with Gasteiger partial charge in [0.15, 0.2) is 0 Å². The number of aromatic nitrogens is 5. The van der Waals surface area contributed by atoms with Crippen LogP contribution in [0.5, 0.6) is 0 Å². The molecular weight excluding hydrogens is 312 g/mol. The average Bonchev–Trinajstić information content (AvgIpc) is 3.14. The summed E-state index contributed by atoms with van der Waals surface area (Å²) in [5.41, 5.74) is 2.99. The maximum atomic E-state index is 12.7. The summed E-state index contributed by atoms with van der Waals surface area (Å²) >= 11 is 0. The molecule has 0 aromatic carbocycles. The van der Waals surface area contributed by atoms with E-state index < -0.39 is 12.0 Å². The third kappa shape index (κ3) is 2.67. The van der Waals surface area contributed by atoms with Gasteiger partial charge in [-0.2, -0.15) is 15.2 Å². The third-order valence-corrected chi connectivity index (χ3v) is 4.10. The first-order chi connectivity index (χ1) is 11.5. The molecule has 0 radical (unpaired) electrons. The number of methoxy groups -OCH3 is 1. The first-order valence-corrected chi connectivity index (χ1v) is 7.56. The number of anilines is 1. The molecular formula is C15H20N6O3. The van der Waals surface area contributed by atoms with E-state index in [0.29, 0.717) is 23.8 Å². The number of nitrogens with zero attached hydrogens (tertiary/aromatic N) is 5. The van der Waals surface area contributed by atoms with Crippen LogP contribution in [0.3, 0.4) is 0 Å². The highest BCUT2D eigenvalue weighted by molar-refractivity contribution is 5.92. The van der Waals surface area contributed by atoms with Crippen LogP contribution < -0.4 is 5.32 Å². The Morgan fingerprint density at radius 2 is 2.12 bits per heavy atom. The SMILES string of the molecule is COCCOC(=O)C1=C(C)Nc2ncnn2C1c1cnn(C)c1C. The maximum Gasteiger partial charge on any atom is 0.338 e. The Balaban J connectivity index is 2.03. The average molecular weight is 332 g/mol. The van der Waals surface area contributed by atoms with Crippen molar-refractivity contribution in [2.75, 3.05) is 25.6 Å². The van der Waals surface area contributed by atoms with Crippen LogP contribution in [0.1, 0.15) is 24.2 Å². The van der Waals surface area contributed by atoms with E-state index in [2.05, 4.69) is 20.5 Å². The van der Waals surface area contributed by atoms with Crippen molar-refractivity contribution in [2.45, 2.75) is 19.9 Å². The van der Waals surface area contributed by atoms with Crippen molar-refractivity contribution in [1.82, 2.24) is 24.5 Å². The number of hydrogen-bond donors (Lipinski definition) is 1. The van der Waals surface area contributed by atoms with Crippen LogP contribution in [0.25, 0.3) is 0 Å². The number of allylic oxidation sites excluding steroid dienone is 1. The maximum absolute atomic E-state index is 12.7. The molecule has 9 heteroatoms. The van der Waals surface area contributed by atoms with Gasteiger partial charge in [-0.3, -0.25) is 4.68 Å². The van der Waals surface area contributed by atoms with Gasteiger partial charge < -0.3 is 14.8 Å². The Labute approximate surface area is 139 Å². The fourth-order valence-corrected chi connectivity index (χ4v) is 2.72. The predicted molar refractivity (Wildman–Crippen MR) is 85.3 cm³/mol. The van der Waals surface area contributed by atoms with E-state index in [1.165, 1.54) is 6.33 Å². The standard InChI is InChI=1S/C15H20N6O3/c1-9-12(14(22)24-6-5-23-4)13(11-7-17-20(3)10(11)2)21-15(19-9)16-8-18-21/h7-8,13H,5-6H2,1-4H3,(H,16,18,19). The molecule has 1 atom stereocenters. The van der Waals surface area contributed by atoms with Crippen molar-refractivity contribution < 1.29 is 14.3 Å². The van der Waals surface area contributed by atoms with Crippen LogP contribution in [-0.2, 0) is 21.3 Å². The van der Waals surface area contributed by atoms with Crippen molar-refractivity contribution in [3.63, 3.8) is 0 Å². The van der Waals surface area contributed by atoms with Gasteiger partial charge in [-0.05, 0) is 13.8 Å². The summed E-state index contributed by atoms with van der Waals surface area (Å²) in [4.78, 5) is 16.8. The second-order valence-electron chi connectivity index (χ2n) is 5.53. The second kappa shape index (κ2) is 6.44. The van der Waals surface area contributed by atoms with Gasteiger partial charge in [-0.1, -0.05) is 0 Å². The summed E-state index contributed by atoms with van der Waals surface area (Å²) in [6, 6.07) is -0.438. The van der Waals surface area contributed by atoms with E-state index >= 15 is 0 Å². The molecule has 128 valence electrons. The number of nitrogens with one attached hydrogen (secondary N) is 1. The number of carbonyl (C=O) groups is 1. The second-order valence-corrected chi connectivity index (χ2v) is 5.53. The van der Waals surface area contributed by atoms with Crippen LogP contribution in [-0.4, -0.2) is 50.8 Å². The molecule has 0 amide bonds. The Morgan fingerprint density at radius 3 is 2.79 bits per heavy atom. The van der Waals surface area contributed by atoms with Crippen LogP contribution in [0.4, 0.5) is 5.95 Å². The molecule has 0 fully saturated rings. The Hall–Kier alpha value is -2.68. The molecule has 1 unspecified atom stereocenters. The van der Waals surface area contributed by atoms with Gasteiger partial charge in [0.2, 0.25) is 5.95 Å². The predicted octanol–water partition coefficient (Wildman–Crippen LogP) is 0.799. The zero-order chi connectivity index (χ0) is 17.3. The first kappa shape index (κ1) is 16.2. The minimum absolute atomic E-state index is 0.190. The highest BCUT2D eigenvalue weighted by atomic mass is 16.6. The summed E-state index contributed by atoms with van der Waals surface area (Å²) in [5, 5.41) is 11.6. The van der Waals surface area contributed by atoms with Crippen LogP contribution in [0.15, 0.2) is 23.8 Å². The number of fused-ring (bicyclic) bond motifs is 1. The minimum atomic E-state index is -0.438. The quantitative estimate of drug-likeness (QED) is 0.639. The molecule has 24 heavy (non-hydrogen) atoms. The lowest BCUT2D eigenvalue weighted by molar-refractivity contribution is -0.140. The lowest BCUT2D eigenvalue weighted by Crippen LogP contribution is -2.30. The molecule has 2 aromatic heterocycles. The van der Waals surface area contributed by atoms with E-state index in [1.807, 2.05) is 20.9 Å². The van der Waals surface area contributed by atoms with Gasteiger partial charge in [0, 0.05) is 31.1 Å². The minimum Gasteiger partial charge on any atom is -0.460 e. The van der Waals surface area contributed by atoms with Gasteiger partial charge in [0.1, 0.15) is 19.0 Å². The van der Waals surface area contributed by atoms with Gasteiger partial charge in [0.25, 0.3) is 0 Å². The molecule has 1 N–H and O–H groups in total. The molecule has 3 heterocycles. The summed E-state index contributed by atoms with van der Waals surface area (Å²) in [6.07, 6.45) is 3.19. The molecule has 0 bridgehead atoms. The van der Waals surface area contributed by atoms with Crippen molar-refractivity contribution in [3.8, 4) is 0 Å². The van der Waals surface area contributed by atoms with Gasteiger partial charge in [-0.15, -0.1) is 0 Å². The molecule has 0 saturated carbocycles. The first-order valence-electron chi connectivity index (χ1n) is 7.56. The van der Waals surface area contributed by atoms with Gasteiger partial charge >= 0.3 is 5.97 Å². The molecule has 1 aliphatic rings. The molecule has 3 rings (SSSR count). The number of aryl methyl sites for hydroxylation is 1. The molecule has 2 aromatic rings. The van der Waals surface area contributed by atoms with Gasteiger partial charge in [0.05, 0.1) is 18.4 Å². The van der Waals surface area contributed by atoms with Crippen molar-refractivity contribution >= 4 is 11.9 Å². The molecule has 0 aliphatic carbocycles. The van der Waals surface area contributed by atoms with E-state index in [-0.39, 0.29) is 6.61 Å². The summed E-state index contributed by atoms with van der Waals surface area (Å²) in [7, 11) is 3.42. The van der Waals surface area contributed by atoms with Crippen LogP contribution in [0.2, 0.25) is 0 Å².